The minimum atomic E-state index is -3.13. The molecule has 2 rings (SSSR count). The van der Waals surface area contributed by atoms with Gasteiger partial charge in [-0.25, -0.2) is 12.8 Å². The molecule has 1 fully saturated rings. The smallest absolute Gasteiger partial charge is 0.156 e. The first-order chi connectivity index (χ1) is 7.90. The van der Waals surface area contributed by atoms with Crippen LogP contribution in [0.15, 0.2) is 22.7 Å². The van der Waals surface area contributed by atoms with Crippen LogP contribution in [0.2, 0.25) is 0 Å². The lowest BCUT2D eigenvalue weighted by Crippen LogP contribution is -2.44. The highest BCUT2D eigenvalue weighted by atomic mass is 79.9. The summed E-state index contributed by atoms with van der Waals surface area (Å²) in [6.45, 7) is 2.03. The summed E-state index contributed by atoms with van der Waals surface area (Å²) in [4.78, 5) is 0. The highest BCUT2D eigenvalue weighted by Gasteiger charge is 2.32. The summed E-state index contributed by atoms with van der Waals surface area (Å²) < 4.78 is 37.9. The fourth-order valence-corrected chi connectivity index (χ4v) is 3.65. The molecular weight excluding hydrogens is 309 g/mol. The summed E-state index contributed by atoms with van der Waals surface area (Å²) in [7, 11) is -3.13. The first-order valence-corrected chi connectivity index (χ1v) is 7.81. The number of hydrogen-bond acceptors (Lipinski definition) is 3. The Kier molecular flexibility index (Phi) is 3.56. The molecule has 1 heterocycles. The Bertz CT molecular complexity index is 532. The van der Waals surface area contributed by atoms with Crippen molar-refractivity contribution in [3.8, 4) is 0 Å². The molecule has 0 radical (unpaired) electrons. The zero-order chi connectivity index (χ0) is 12.6. The van der Waals surface area contributed by atoms with Crippen LogP contribution in [0, 0.1) is 5.82 Å². The van der Waals surface area contributed by atoms with Crippen LogP contribution in [0.5, 0.6) is 0 Å². The third-order valence-electron chi connectivity index (χ3n) is 3.00. The highest BCUT2D eigenvalue weighted by Crippen LogP contribution is 2.25. The minimum absolute atomic E-state index is 0.0489. The molecular formula is C11H13BrFNO2S. The number of nitrogens with one attached hydrogen (secondary N) is 1. The molecule has 3 nitrogen and oxygen atoms in total. The van der Waals surface area contributed by atoms with Gasteiger partial charge in [-0.05, 0) is 19.1 Å². The van der Waals surface area contributed by atoms with Gasteiger partial charge in [0.15, 0.2) is 9.84 Å². The van der Waals surface area contributed by atoms with Crippen molar-refractivity contribution in [2.75, 3.05) is 12.3 Å². The SMILES string of the molecule is CC1CNC(c2ccc(Br)cc2F)CS1(=O)=O. The van der Waals surface area contributed by atoms with Gasteiger partial charge in [0.25, 0.3) is 0 Å². The molecule has 1 saturated heterocycles. The molecule has 1 aromatic carbocycles. The van der Waals surface area contributed by atoms with E-state index in [-0.39, 0.29) is 11.6 Å². The maximum atomic E-state index is 13.7. The standard InChI is InChI=1S/C11H13BrFNO2S/c1-7-5-14-11(6-17(7,15)16)9-3-2-8(12)4-10(9)13/h2-4,7,11,14H,5-6H2,1H3. The molecule has 1 aromatic rings. The van der Waals surface area contributed by atoms with Crippen molar-refractivity contribution in [2.24, 2.45) is 0 Å². The Morgan fingerprint density at radius 2 is 2.18 bits per heavy atom. The van der Waals surface area contributed by atoms with Crippen LogP contribution in [0.4, 0.5) is 4.39 Å². The average molecular weight is 322 g/mol. The monoisotopic (exact) mass is 321 g/mol. The third kappa shape index (κ3) is 2.69. The fourth-order valence-electron chi connectivity index (χ4n) is 1.87. The van der Waals surface area contributed by atoms with Gasteiger partial charge in [0.05, 0.1) is 11.0 Å². The number of rotatable bonds is 1. The summed E-state index contributed by atoms with van der Waals surface area (Å²) >= 11 is 3.17. The second-order valence-corrected chi connectivity index (χ2v) is 7.65. The quantitative estimate of drug-likeness (QED) is 0.861. The van der Waals surface area contributed by atoms with E-state index in [0.29, 0.717) is 16.6 Å². The number of hydrogen-bond donors (Lipinski definition) is 1. The number of halogens is 2. The van der Waals surface area contributed by atoms with Crippen LogP contribution in [0.3, 0.4) is 0 Å². The van der Waals surface area contributed by atoms with Crippen LogP contribution in [-0.4, -0.2) is 26.0 Å². The molecule has 94 valence electrons. The molecule has 0 amide bonds. The van der Waals surface area contributed by atoms with E-state index in [0.717, 1.165) is 0 Å². The first-order valence-electron chi connectivity index (χ1n) is 5.30. The number of sulfone groups is 1. The summed E-state index contributed by atoms with van der Waals surface area (Å²) in [6.07, 6.45) is 0. The van der Waals surface area contributed by atoms with Gasteiger partial charge in [0.1, 0.15) is 5.82 Å². The number of benzene rings is 1. The van der Waals surface area contributed by atoms with Gasteiger partial charge in [-0.1, -0.05) is 22.0 Å². The summed E-state index contributed by atoms with van der Waals surface area (Å²) in [6, 6.07) is 4.22. The molecule has 2 atom stereocenters. The predicted octanol–water partition coefficient (Wildman–Crippen LogP) is 2.04. The lowest BCUT2D eigenvalue weighted by atomic mass is 10.1. The third-order valence-corrected chi connectivity index (χ3v) is 5.69. The fraction of sp³-hybridized carbons (Fsp3) is 0.455. The summed E-state index contributed by atoms with van der Waals surface area (Å²) in [5.74, 6) is -0.436. The second kappa shape index (κ2) is 4.66. The van der Waals surface area contributed by atoms with E-state index in [9.17, 15) is 12.8 Å². The molecule has 1 aliphatic heterocycles. The van der Waals surface area contributed by atoms with Crippen molar-refractivity contribution in [2.45, 2.75) is 18.2 Å². The van der Waals surface area contributed by atoms with E-state index in [1.165, 1.54) is 6.07 Å². The van der Waals surface area contributed by atoms with Crippen LogP contribution >= 0.6 is 15.9 Å². The van der Waals surface area contributed by atoms with E-state index in [1.807, 2.05) is 0 Å². The van der Waals surface area contributed by atoms with Gasteiger partial charge >= 0.3 is 0 Å². The molecule has 1 N–H and O–H groups in total. The van der Waals surface area contributed by atoms with Gasteiger partial charge in [-0.3, -0.25) is 0 Å². The van der Waals surface area contributed by atoms with Gasteiger partial charge in [0, 0.05) is 22.6 Å². The van der Waals surface area contributed by atoms with Crippen molar-refractivity contribution < 1.29 is 12.8 Å². The largest absolute Gasteiger partial charge is 0.308 e. The van der Waals surface area contributed by atoms with Gasteiger partial charge in [-0.15, -0.1) is 0 Å². The Hall–Kier alpha value is -0.460. The van der Waals surface area contributed by atoms with E-state index in [2.05, 4.69) is 21.2 Å². The lowest BCUT2D eigenvalue weighted by Gasteiger charge is -2.28. The Balaban J connectivity index is 2.30. The second-order valence-electron chi connectivity index (χ2n) is 4.27. The average Bonchev–Trinajstić information content (AvgIpc) is 2.22. The Labute approximate surface area is 108 Å². The van der Waals surface area contributed by atoms with E-state index in [4.69, 9.17) is 0 Å². The Morgan fingerprint density at radius 1 is 1.47 bits per heavy atom. The van der Waals surface area contributed by atoms with Crippen LogP contribution < -0.4 is 5.32 Å². The molecule has 2 unspecified atom stereocenters. The first kappa shape index (κ1) is 13.0. The summed E-state index contributed by atoms with van der Waals surface area (Å²) in [5, 5.41) is 2.66. The maximum absolute atomic E-state index is 13.7. The normalized spacial score (nSPS) is 27.9. The van der Waals surface area contributed by atoms with Crippen molar-refractivity contribution in [3.05, 3.63) is 34.1 Å². The molecule has 0 saturated carbocycles. The molecule has 0 bridgehead atoms. The maximum Gasteiger partial charge on any atom is 0.156 e. The minimum Gasteiger partial charge on any atom is -0.308 e. The van der Waals surface area contributed by atoms with Gasteiger partial charge < -0.3 is 5.32 Å². The van der Waals surface area contributed by atoms with Crippen molar-refractivity contribution in [1.29, 1.82) is 0 Å². The van der Waals surface area contributed by atoms with Crippen LogP contribution in [0.1, 0.15) is 18.5 Å². The molecule has 0 aromatic heterocycles. The molecule has 1 aliphatic rings. The van der Waals surface area contributed by atoms with E-state index >= 15 is 0 Å². The van der Waals surface area contributed by atoms with Crippen LogP contribution in [-0.2, 0) is 9.84 Å². The lowest BCUT2D eigenvalue weighted by molar-refractivity contribution is 0.485. The summed E-state index contributed by atoms with van der Waals surface area (Å²) in [5.41, 5.74) is 0.406. The topological polar surface area (TPSA) is 46.2 Å². The Morgan fingerprint density at radius 3 is 2.76 bits per heavy atom. The zero-order valence-electron chi connectivity index (χ0n) is 9.28. The highest BCUT2D eigenvalue weighted by molar-refractivity contribution is 9.10. The van der Waals surface area contributed by atoms with Crippen molar-refractivity contribution in [3.63, 3.8) is 0 Å². The van der Waals surface area contributed by atoms with E-state index < -0.39 is 21.1 Å². The molecule has 17 heavy (non-hydrogen) atoms. The van der Waals surface area contributed by atoms with Crippen molar-refractivity contribution >= 4 is 25.8 Å². The molecule has 0 spiro atoms. The van der Waals surface area contributed by atoms with Crippen LogP contribution in [0.25, 0.3) is 0 Å². The molecule has 0 aliphatic carbocycles. The predicted molar refractivity (Wildman–Crippen MR) is 68.1 cm³/mol. The van der Waals surface area contributed by atoms with E-state index in [1.54, 1.807) is 19.1 Å². The zero-order valence-corrected chi connectivity index (χ0v) is 11.7. The molecule has 6 heteroatoms. The van der Waals surface area contributed by atoms with Gasteiger partial charge in [-0.2, -0.15) is 0 Å². The van der Waals surface area contributed by atoms with Crippen molar-refractivity contribution in [1.82, 2.24) is 5.32 Å². The van der Waals surface area contributed by atoms with Gasteiger partial charge in [0.2, 0.25) is 0 Å².